The molecule has 1 rings (SSSR count). The molecule has 0 saturated carbocycles. The molecular weight excluding hydrogens is 334 g/mol. The van der Waals surface area contributed by atoms with Crippen LogP contribution in [0.5, 0.6) is 11.5 Å². The summed E-state index contributed by atoms with van der Waals surface area (Å²) in [5, 5.41) is 3.43. The Bertz CT molecular complexity index is 424. The highest BCUT2D eigenvalue weighted by Crippen LogP contribution is 2.37. The lowest BCUT2D eigenvalue weighted by atomic mass is 10.2. The van der Waals surface area contributed by atoms with E-state index in [0.717, 1.165) is 28.9 Å². The van der Waals surface area contributed by atoms with Crippen molar-refractivity contribution < 1.29 is 14.2 Å². The molecule has 0 saturated heterocycles. The van der Waals surface area contributed by atoms with Gasteiger partial charge in [0.2, 0.25) is 0 Å². The monoisotopic (exact) mass is 359 g/mol. The van der Waals surface area contributed by atoms with E-state index in [1.807, 2.05) is 19.9 Å². The van der Waals surface area contributed by atoms with Crippen molar-refractivity contribution in [2.75, 3.05) is 26.6 Å². The van der Waals surface area contributed by atoms with E-state index >= 15 is 0 Å². The van der Waals surface area contributed by atoms with Crippen molar-refractivity contribution in [1.82, 2.24) is 5.32 Å². The van der Waals surface area contributed by atoms with Crippen molar-refractivity contribution in [3.8, 4) is 11.5 Å². The SMILES string of the molecule is CCOCOc1c(Br)cc(CNCC(C)C)cc1OCC. The second kappa shape index (κ2) is 10.0. The third-order valence-electron chi connectivity index (χ3n) is 2.74. The molecule has 0 fully saturated rings. The molecule has 0 amide bonds. The van der Waals surface area contributed by atoms with Gasteiger partial charge in [0.15, 0.2) is 18.3 Å². The van der Waals surface area contributed by atoms with Crippen LogP contribution in [-0.2, 0) is 11.3 Å². The normalized spacial score (nSPS) is 11.0. The van der Waals surface area contributed by atoms with Crippen LogP contribution in [0.1, 0.15) is 33.3 Å². The summed E-state index contributed by atoms with van der Waals surface area (Å²) in [5.74, 6) is 2.07. The van der Waals surface area contributed by atoms with Crippen LogP contribution in [0, 0.1) is 5.92 Å². The fourth-order valence-corrected chi connectivity index (χ4v) is 2.42. The third kappa shape index (κ3) is 6.68. The van der Waals surface area contributed by atoms with E-state index in [1.165, 1.54) is 0 Å². The average molecular weight is 360 g/mol. The number of rotatable bonds is 10. The van der Waals surface area contributed by atoms with Crippen molar-refractivity contribution in [2.45, 2.75) is 34.2 Å². The standard InChI is InChI=1S/C16H26BrNO3/c1-5-19-11-21-16-14(17)7-13(8-15(16)20-6-2)10-18-9-12(3)4/h7-8,12,18H,5-6,9-11H2,1-4H3. The molecule has 0 radical (unpaired) electrons. The highest BCUT2D eigenvalue weighted by molar-refractivity contribution is 9.10. The summed E-state index contributed by atoms with van der Waals surface area (Å²) in [6.45, 7) is 11.5. The maximum atomic E-state index is 5.68. The van der Waals surface area contributed by atoms with E-state index in [9.17, 15) is 0 Å². The molecule has 0 heterocycles. The van der Waals surface area contributed by atoms with Gasteiger partial charge in [-0.3, -0.25) is 0 Å². The van der Waals surface area contributed by atoms with Crippen LogP contribution in [0.4, 0.5) is 0 Å². The fourth-order valence-electron chi connectivity index (χ4n) is 1.82. The predicted octanol–water partition coefficient (Wildman–Crippen LogP) is 3.97. The van der Waals surface area contributed by atoms with E-state index in [1.54, 1.807) is 0 Å². The number of halogens is 1. The summed E-state index contributed by atoms with van der Waals surface area (Å²) >= 11 is 3.55. The smallest absolute Gasteiger partial charge is 0.189 e. The molecule has 0 aromatic heterocycles. The molecular formula is C16H26BrNO3. The minimum atomic E-state index is 0.222. The van der Waals surface area contributed by atoms with Gasteiger partial charge in [0.1, 0.15) is 0 Å². The molecule has 1 aromatic carbocycles. The van der Waals surface area contributed by atoms with Gasteiger partial charge in [-0.05, 0) is 59.9 Å². The fraction of sp³-hybridized carbons (Fsp3) is 0.625. The van der Waals surface area contributed by atoms with E-state index in [4.69, 9.17) is 14.2 Å². The second-order valence-electron chi connectivity index (χ2n) is 5.12. The highest BCUT2D eigenvalue weighted by Gasteiger charge is 2.12. The number of ether oxygens (including phenoxy) is 3. The maximum Gasteiger partial charge on any atom is 0.189 e. The Kier molecular flexibility index (Phi) is 8.73. The second-order valence-corrected chi connectivity index (χ2v) is 5.97. The summed E-state index contributed by atoms with van der Waals surface area (Å²) in [5.41, 5.74) is 1.16. The number of nitrogens with one attached hydrogen (secondary N) is 1. The van der Waals surface area contributed by atoms with E-state index < -0.39 is 0 Å². The molecule has 0 atom stereocenters. The van der Waals surface area contributed by atoms with Gasteiger partial charge < -0.3 is 19.5 Å². The minimum Gasteiger partial charge on any atom is -0.490 e. The summed E-state index contributed by atoms with van der Waals surface area (Å²) in [6.07, 6.45) is 0. The van der Waals surface area contributed by atoms with E-state index in [-0.39, 0.29) is 6.79 Å². The molecule has 0 aliphatic heterocycles. The molecule has 0 aliphatic carbocycles. The molecule has 120 valence electrons. The largest absolute Gasteiger partial charge is 0.490 e. The van der Waals surface area contributed by atoms with Crippen LogP contribution in [0.25, 0.3) is 0 Å². The van der Waals surface area contributed by atoms with Crippen LogP contribution in [0.15, 0.2) is 16.6 Å². The Morgan fingerprint density at radius 2 is 1.90 bits per heavy atom. The summed E-state index contributed by atoms with van der Waals surface area (Å²) in [6, 6.07) is 4.07. The van der Waals surface area contributed by atoms with Crippen molar-refractivity contribution in [3.63, 3.8) is 0 Å². The Labute approximate surface area is 136 Å². The van der Waals surface area contributed by atoms with Gasteiger partial charge in [0.25, 0.3) is 0 Å². The molecule has 0 bridgehead atoms. The number of hydrogen-bond donors (Lipinski definition) is 1. The van der Waals surface area contributed by atoms with Crippen LogP contribution in [0.3, 0.4) is 0 Å². The lowest BCUT2D eigenvalue weighted by Crippen LogP contribution is -2.19. The molecule has 0 spiro atoms. The lowest BCUT2D eigenvalue weighted by Gasteiger charge is -2.16. The Morgan fingerprint density at radius 1 is 1.14 bits per heavy atom. The molecule has 0 unspecified atom stereocenters. The molecule has 5 heteroatoms. The van der Waals surface area contributed by atoms with Gasteiger partial charge >= 0.3 is 0 Å². The highest BCUT2D eigenvalue weighted by atomic mass is 79.9. The molecule has 1 aromatic rings. The molecule has 1 N–H and O–H groups in total. The molecule has 0 aliphatic rings. The zero-order valence-electron chi connectivity index (χ0n) is 13.4. The van der Waals surface area contributed by atoms with Gasteiger partial charge in [-0.25, -0.2) is 0 Å². The van der Waals surface area contributed by atoms with Gasteiger partial charge in [-0.2, -0.15) is 0 Å². The number of benzene rings is 1. The molecule has 21 heavy (non-hydrogen) atoms. The van der Waals surface area contributed by atoms with Crippen molar-refractivity contribution >= 4 is 15.9 Å². The van der Waals surface area contributed by atoms with E-state index in [0.29, 0.717) is 24.9 Å². The summed E-state index contributed by atoms with van der Waals surface area (Å²) in [7, 11) is 0. The first-order chi connectivity index (χ1) is 10.1. The van der Waals surface area contributed by atoms with Crippen molar-refractivity contribution in [2.24, 2.45) is 5.92 Å². The molecule has 4 nitrogen and oxygen atoms in total. The Hall–Kier alpha value is -0.780. The first-order valence-electron chi connectivity index (χ1n) is 7.44. The predicted molar refractivity (Wildman–Crippen MR) is 89.0 cm³/mol. The van der Waals surface area contributed by atoms with Crippen LogP contribution < -0.4 is 14.8 Å². The zero-order chi connectivity index (χ0) is 15.7. The zero-order valence-corrected chi connectivity index (χ0v) is 15.0. The topological polar surface area (TPSA) is 39.7 Å². The first kappa shape index (κ1) is 18.3. The van der Waals surface area contributed by atoms with Crippen molar-refractivity contribution in [1.29, 1.82) is 0 Å². The van der Waals surface area contributed by atoms with Crippen LogP contribution in [-0.4, -0.2) is 26.6 Å². The quantitative estimate of drug-likeness (QED) is 0.506. The van der Waals surface area contributed by atoms with Crippen molar-refractivity contribution in [3.05, 3.63) is 22.2 Å². The Morgan fingerprint density at radius 3 is 2.52 bits per heavy atom. The van der Waals surface area contributed by atoms with E-state index in [2.05, 4.69) is 41.2 Å². The summed E-state index contributed by atoms with van der Waals surface area (Å²) < 4.78 is 17.4. The maximum absolute atomic E-state index is 5.68. The number of hydrogen-bond acceptors (Lipinski definition) is 4. The van der Waals surface area contributed by atoms with Crippen LogP contribution >= 0.6 is 15.9 Å². The van der Waals surface area contributed by atoms with Gasteiger partial charge in [-0.15, -0.1) is 0 Å². The summed E-state index contributed by atoms with van der Waals surface area (Å²) in [4.78, 5) is 0. The third-order valence-corrected chi connectivity index (χ3v) is 3.33. The minimum absolute atomic E-state index is 0.222. The average Bonchev–Trinajstić information content (AvgIpc) is 2.42. The first-order valence-corrected chi connectivity index (χ1v) is 8.24. The van der Waals surface area contributed by atoms with Gasteiger partial charge in [0.05, 0.1) is 11.1 Å². The Balaban J connectivity index is 2.79. The van der Waals surface area contributed by atoms with Gasteiger partial charge in [-0.1, -0.05) is 13.8 Å². The lowest BCUT2D eigenvalue weighted by molar-refractivity contribution is 0.0201. The van der Waals surface area contributed by atoms with Gasteiger partial charge in [0, 0.05) is 13.2 Å². The van der Waals surface area contributed by atoms with Crippen LogP contribution in [0.2, 0.25) is 0 Å².